The number of carbonyl (C=O) groups excluding carboxylic acids is 1. The summed E-state index contributed by atoms with van der Waals surface area (Å²) in [5, 5.41) is 51.6. The quantitative estimate of drug-likeness (QED) is 0.0599. The number of anilines is 2. The first-order chi connectivity index (χ1) is 21.9. The summed E-state index contributed by atoms with van der Waals surface area (Å²) in [6, 6.07) is 5.17. The number of amides is 1. The van der Waals surface area contributed by atoms with Gasteiger partial charge in [0.15, 0.2) is 0 Å². The van der Waals surface area contributed by atoms with Gasteiger partial charge in [0, 0.05) is 31.6 Å². The Bertz CT molecular complexity index is 1420. The van der Waals surface area contributed by atoms with Crippen molar-refractivity contribution in [3.05, 3.63) is 55.3 Å². The maximum Gasteiger partial charge on any atom is 0.364 e. The Labute approximate surface area is 270 Å². The molecular formula is C31H40ClN3O11. The molecule has 0 aromatic heterocycles. The lowest BCUT2D eigenvalue weighted by Crippen LogP contribution is -2.66. The van der Waals surface area contributed by atoms with Crippen molar-refractivity contribution in [3.63, 3.8) is 0 Å². The van der Waals surface area contributed by atoms with Gasteiger partial charge < -0.3 is 50.6 Å². The third kappa shape index (κ3) is 9.49. The minimum atomic E-state index is -2.42. The number of aliphatic carboxylic acids is 1. The Morgan fingerprint density at radius 1 is 1.11 bits per heavy atom. The molecule has 14 nitrogen and oxygen atoms in total. The van der Waals surface area contributed by atoms with Crippen LogP contribution in [0.25, 0.3) is 0 Å². The number of rotatable bonds is 19. The molecule has 1 amide bonds. The molecule has 0 aliphatic carbocycles. The summed E-state index contributed by atoms with van der Waals surface area (Å²) in [5.41, 5.74) is -1.32. The maximum absolute atomic E-state index is 12.5. The van der Waals surface area contributed by atoms with Crippen LogP contribution in [0.4, 0.5) is 11.4 Å². The molecular weight excluding hydrogens is 626 g/mol. The molecule has 252 valence electrons. The van der Waals surface area contributed by atoms with E-state index in [9.17, 15) is 39.6 Å². The highest BCUT2D eigenvalue weighted by Crippen LogP contribution is 2.35. The average molecular weight is 666 g/mol. The predicted molar refractivity (Wildman–Crippen MR) is 168 cm³/mol. The smallest absolute Gasteiger partial charge is 0.364 e. The van der Waals surface area contributed by atoms with Crippen molar-refractivity contribution < 1.29 is 44.2 Å². The fraction of sp³-hybridized carbons (Fsp3) is 0.548. The summed E-state index contributed by atoms with van der Waals surface area (Å²) in [4.78, 5) is 49.2. The van der Waals surface area contributed by atoms with E-state index in [1.807, 2.05) is 0 Å². The first-order valence-electron chi connectivity index (χ1n) is 14.8. The van der Waals surface area contributed by atoms with Crippen LogP contribution in [0.15, 0.2) is 33.9 Å². The summed E-state index contributed by atoms with van der Waals surface area (Å²) < 4.78 is 16.7. The summed E-state index contributed by atoms with van der Waals surface area (Å²) in [6.07, 6.45) is 0.179. The summed E-state index contributed by atoms with van der Waals surface area (Å²) in [6.45, 7) is 0.160. The molecule has 1 saturated heterocycles. The molecule has 46 heavy (non-hydrogen) atoms. The zero-order valence-corrected chi connectivity index (χ0v) is 26.1. The van der Waals surface area contributed by atoms with E-state index in [1.165, 1.54) is 7.05 Å². The number of carbonyl (C=O) groups is 2. The van der Waals surface area contributed by atoms with Crippen LogP contribution in [0.3, 0.4) is 0 Å². The van der Waals surface area contributed by atoms with Crippen LogP contribution in [-0.2, 0) is 30.2 Å². The van der Waals surface area contributed by atoms with Crippen LogP contribution >= 0.6 is 11.6 Å². The minimum Gasteiger partial charge on any atom is -0.477 e. The number of ether oxygens (including phenoxy) is 3. The fourth-order valence-electron chi connectivity index (χ4n) is 5.09. The Morgan fingerprint density at radius 2 is 1.76 bits per heavy atom. The average Bonchev–Trinajstić information content (AvgIpc) is 3.03. The highest BCUT2D eigenvalue weighted by molar-refractivity contribution is 6.30. The molecule has 0 saturated carbocycles. The highest BCUT2D eigenvalue weighted by atomic mass is 35.5. The van der Waals surface area contributed by atoms with Gasteiger partial charge in [-0.05, 0) is 30.5 Å². The van der Waals surface area contributed by atoms with Gasteiger partial charge in [0.1, 0.15) is 30.2 Å². The van der Waals surface area contributed by atoms with Crippen LogP contribution in [0, 0.1) is 12.3 Å². The number of carboxylic acids is 1. The van der Waals surface area contributed by atoms with Crippen molar-refractivity contribution in [1.82, 2.24) is 5.32 Å². The number of hydrogen-bond donors (Lipinski definition) is 7. The van der Waals surface area contributed by atoms with Crippen LogP contribution in [-0.4, -0.2) is 102 Å². The number of benzene rings is 1. The summed E-state index contributed by atoms with van der Waals surface area (Å²) in [7, 11) is 1.41. The first-order valence-corrected chi connectivity index (χ1v) is 15.2. The van der Waals surface area contributed by atoms with Gasteiger partial charge in [-0.25, -0.2) is 4.79 Å². The van der Waals surface area contributed by atoms with Crippen LogP contribution < -0.4 is 26.8 Å². The molecule has 0 bridgehead atoms. The lowest BCUT2D eigenvalue weighted by atomic mass is 9.88. The third-order valence-corrected chi connectivity index (χ3v) is 7.84. The lowest BCUT2D eigenvalue weighted by molar-refractivity contribution is -0.307. The SMILES string of the molecule is C#CCOCCCCCCO[C@]1(C(=O)O)C[C@H](O)[C@@H](Nc2c(NC)c(=O)c2=O)[C@H]([C@H](O)[C@H](O)CNC(=O)Cc2ccc(Cl)cc2)O1. The van der Waals surface area contributed by atoms with Gasteiger partial charge in [-0.1, -0.05) is 42.5 Å². The number of aliphatic hydroxyl groups is 3. The molecule has 7 N–H and O–H groups in total. The standard InChI is InChI=1S/C31H40ClN3O11/c1-3-12-44-13-6-4-5-7-14-45-31(30(42)43)16-20(36)23(35-25-24(33-2)27(40)28(25)41)29(46-31)26(39)21(37)17-34-22(38)15-18-8-10-19(32)11-9-18/h1,8-11,20-21,23,26,29,33,35-37,39H,4-7,12-17H2,2H3,(H,34,38)(H,42,43)/t20-,21+,23+,26+,29+,31+/m0/s1. The number of terminal acetylenes is 1. The Morgan fingerprint density at radius 3 is 2.39 bits per heavy atom. The zero-order chi connectivity index (χ0) is 33.9. The summed E-state index contributed by atoms with van der Waals surface area (Å²) >= 11 is 5.87. The largest absolute Gasteiger partial charge is 0.477 e. The van der Waals surface area contributed by atoms with Crippen molar-refractivity contribution in [2.45, 2.75) is 74.8 Å². The van der Waals surface area contributed by atoms with E-state index in [-0.39, 0.29) is 31.0 Å². The van der Waals surface area contributed by atoms with E-state index in [4.69, 9.17) is 32.2 Å². The van der Waals surface area contributed by atoms with Gasteiger partial charge in [-0.2, -0.15) is 0 Å². The van der Waals surface area contributed by atoms with E-state index in [0.717, 1.165) is 12.8 Å². The number of unbranched alkanes of at least 4 members (excludes halogenated alkanes) is 3. The van der Waals surface area contributed by atoms with Crippen molar-refractivity contribution in [3.8, 4) is 12.3 Å². The van der Waals surface area contributed by atoms with E-state index in [0.29, 0.717) is 30.0 Å². The van der Waals surface area contributed by atoms with Crippen LogP contribution in [0.5, 0.6) is 0 Å². The monoisotopic (exact) mass is 665 g/mol. The number of nitrogens with one attached hydrogen (secondary N) is 3. The molecule has 1 heterocycles. The maximum atomic E-state index is 12.5. The molecule has 1 aliphatic heterocycles. The Balaban J connectivity index is 1.72. The fourth-order valence-corrected chi connectivity index (χ4v) is 5.21. The van der Waals surface area contributed by atoms with Crippen molar-refractivity contribution in [1.29, 1.82) is 0 Å². The second-order valence-electron chi connectivity index (χ2n) is 10.9. The number of carboxylic acid groups (broad SMARTS) is 1. The number of hydrogen-bond acceptors (Lipinski definition) is 12. The minimum absolute atomic E-state index is 0.0478. The number of halogens is 1. The van der Waals surface area contributed by atoms with Crippen LogP contribution in [0.2, 0.25) is 5.02 Å². The highest BCUT2D eigenvalue weighted by Gasteiger charge is 2.56. The molecule has 1 fully saturated rings. The molecule has 0 unspecified atom stereocenters. The van der Waals surface area contributed by atoms with Gasteiger partial charge >= 0.3 is 5.97 Å². The van der Waals surface area contributed by atoms with Gasteiger partial charge in [-0.3, -0.25) is 14.4 Å². The first kappa shape index (κ1) is 36.9. The number of aliphatic hydroxyl groups excluding tert-OH is 3. The third-order valence-electron chi connectivity index (χ3n) is 7.59. The van der Waals surface area contributed by atoms with E-state index in [2.05, 4.69) is 21.9 Å². The molecule has 2 aromatic carbocycles. The molecule has 1 aliphatic rings. The Hall–Kier alpha value is -3.55. The molecule has 2 aromatic rings. The molecule has 0 radical (unpaired) electrons. The second kappa shape index (κ2) is 17.4. The van der Waals surface area contributed by atoms with E-state index in [1.54, 1.807) is 24.3 Å². The van der Waals surface area contributed by atoms with Gasteiger partial charge in [0.25, 0.3) is 16.6 Å². The molecule has 15 heteroatoms. The normalized spacial score (nSPS) is 22.5. The van der Waals surface area contributed by atoms with Crippen molar-refractivity contribution in [2.24, 2.45) is 0 Å². The van der Waals surface area contributed by atoms with E-state index >= 15 is 0 Å². The van der Waals surface area contributed by atoms with Gasteiger partial charge in [0.2, 0.25) is 5.91 Å². The predicted octanol–water partition coefficient (Wildman–Crippen LogP) is -0.00360. The molecule has 6 atom stereocenters. The molecule has 0 spiro atoms. The van der Waals surface area contributed by atoms with Crippen LogP contribution in [0.1, 0.15) is 37.7 Å². The van der Waals surface area contributed by atoms with Crippen molar-refractivity contribution >= 4 is 34.9 Å². The van der Waals surface area contributed by atoms with Gasteiger partial charge in [0.05, 0.1) is 31.3 Å². The summed E-state index contributed by atoms with van der Waals surface area (Å²) in [5.74, 6) is -2.11. The zero-order valence-electron chi connectivity index (χ0n) is 25.4. The van der Waals surface area contributed by atoms with Crippen molar-refractivity contribution in [2.75, 3.05) is 44.0 Å². The molecule has 3 rings (SSSR count). The topological polar surface area (TPSA) is 213 Å². The second-order valence-corrected chi connectivity index (χ2v) is 11.4. The van der Waals surface area contributed by atoms with Gasteiger partial charge in [-0.15, -0.1) is 6.42 Å². The lowest BCUT2D eigenvalue weighted by Gasteiger charge is -2.47. The van der Waals surface area contributed by atoms with E-state index < -0.39 is 71.9 Å². The Kier molecular flexibility index (Phi) is 14.0.